The van der Waals surface area contributed by atoms with E-state index in [-0.39, 0.29) is 5.91 Å². The van der Waals surface area contributed by atoms with Crippen LogP contribution < -0.4 is 11.1 Å². The first-order chi connectivity index (χ1) is 10.1. The third-order valence-electron chi connectivity index (χ3n) is 3.17. The van der Waals surface area contributed by atoms with Gasteiger partial charge in [0.05, 0.1) is 18.8 Å². The van der Waals surface area contributed by atoms with E-state index in [1.165, 1.54) is 0 Å². The molecule has 21 heavy (non-hydrogen) atoms. The minimum absolute atomic E-state index is 0.109. The van der Waals surface area contributed by atoms with E-state index in [1.54, 1.807) is 12.3 Å². The summed E-state index contributed by atoms with van der Waals surface area (Å²) in [6.45, 7) is 2.54. The number of benzene rings is 1. The molecule has 0 aliphatic carbocycles. The molecule has 2 aromatic rings. The predicted octanol–water partition coefficient (Wildman–Crippen LogP) is 1.06. The van der Waals surface area contributed by atoms with E-state index in [4.69, 9.17) is 10.5 Å². The summed E-state index contributed by atoms with van der Waals surface area (Å²) in [5.41, 5.74) is 7.88. The highest BCUT2D eigenvalue weighted by atomic mass is 16.5. The molecule has 0 spiro atoms. The van der Waals surface area contributed by atoms with Crippen LogP contribution in [0.25, 0.3) is 10.9 Å². The molecule has 114 valence electrons. The number of carbonyl (C=O) groups excluding carboxylic acids is 1. The minimum atomic E-state index is -0.109. The second-order valence-electron chi connectivity index (χ2n) is 5.18. The molecule has 0 unspecified atom stereocenters. The average Bonchev–Trinajstić information content (AvgIpc) is 2.85. The third kappa shape index (κ3) is 4.21. The first kappa shape index (κ1) is 15.3. The zero-order valence-corrected chi connectivity index (χ0v) is 12.5. The third-order valence-corrected chi connectivity index (χ3v) is 3.17. The van der Waals surface area contributed by atoms with Crippen LogP contribution in [0.15, 0.2) is 24.4 Å². The second kappa shape index (κ2) is 7.10. The number of fused-ring (bicyclic) bond motifs is 1. The fraction of sp³-hybridized carbons (Fsp3) is 0.400. The molecule has 0 fully saturated rings. The number of aromatic amines is 1. The van der Waals surface area contributed by atoms with Crippen LogP contribution in [0, 0.1) is 0 Å². The van der Waals surface area contributed by atoms with Crippen molar-refractivity contribution in [2.45, 2.75) is 0 Å². The van der Waals surface area contributed by atoms with E-state index in [1.807, 2.05) is 26.2 Å². The van der Waals surface area contributed by atoms with Crippen molar-refractivity contribution in [1.82, 2.24) is 15.2 Å². The molecule has 1 amide bonds. The monoisotopic (exact) mass is 290 g/mol. The molecule has 6 nitrogen and oxygen atoms in total. The van der Waals surface area contributed by atoms with Crippen molar-refractivity contribution in [2.75, 3.05) is 46.1 Å². The van der Waals surface area contributed by atoms with Crippen LogP contribution in [-0.4, -0.2) is 56.2 Å². The summed E-state index contributed by atoms with van der Waals surface area (Å²) in [6.07, 6.45) is 1.70. The lowest BCUT2D eigenvalue weighted by atomic mass is 10.1. The highest BCUT2D eigenvalue weighted by Gasteiger charge is 2.11. The number of carbonyl (C=O) groups is 1. The zero-order valence-electron chi connectivity index (χ0n) is 12.5. The number of amides is 1. The molecule has 0 aliphatic heterocycles. The van der Waals surface area contributed by atoms with Gasteiger partial charge in [0, 0.05) is 35.9 Å². The van der Waals surface area contributed by atoms with Crippen LogP contribution in [0.1, 0.15) is 10.4 Å². The van der Waals surface area contributed by atoms with Crippen molar-refractivity contribution < 1.29 is 9.53 Å². The fourth-order valence-corrected chi connectivity index (χ4v) is 2.01. The SMILES string of the molecule is CN(C)CCOCCNC(=O)c1c[nH]c2cc(N)ccc12. The highest BCUT2D eigenvalue weighted by molar-refractivity contribution is 6.07. The fourth-order valence-electron chi connectivity index (χ4n) is 2.01. The van der Waals surface area contributed by atoms with Crippen molar-refractivity contribution in [3.63, 3.8) is 0 Å². The number of hydrogen-bond donors (Lipinski definition) is 3. The average molecular weight is 290 g/mol. The first-order valence-electron chi connectivity index (χ1n) is 6.95. The number of aromatic nitrogens is 1. The molecule has 0 bridgehead atoms. The van der Waals surface area contributed by atoms with E-state index in [0.29, 0.717) is 31.0 Å². The van der Waals surface area contributed by atoms with E-state index >= 15 is 0 Å². The first-order valence-corrected chi connectivity index (χ1v) is 6.95. The van der Waals surface area contributed by atoms with Crippen LogP contribution >= 0.6 is 0 Å². The predicted molar refractivity (Wildman–Crippen MR) is 84.4 cm³/mol. The lowest BCUT2D eigenvalue weighted by Crippen LogP contribution is -2.28. The van der Waals surface area contributed by atoms with Crippen LogP contribution in [0.2, 0.25) is 0 Å². The quantitative estimate of drug-likeness (QED) is 0.526. The van der Waals surface area contributed by atoms with Gasteiger partial charge in [0.25, 0.3) is 5.91 Å². The Bertz CT molecular complexity index is 607. The van der Waals surface area contributed by atoms with Gasteiger partial charge < -0.3 is 25.7 Å². The van der Waals surface area contributed by atoms with Gasteiger partial charge in [0.15, 0.2) is 0 Å². The van der Waals surface area contributed by atoms with Gasteiger partial charge in [-0.15, -0.1) is 0 Å². The topological polar surface area (TPSA) is 83.4 Å². The molecule has 0 saturated heterocycles. The molecule has 1 heterocycles. The Morgan fingerprint density at radius 1 is 1.38 bits per heavy atom. The Kier molecular flexibility index (Phi) is 5.19. The number of ether oxygens (including phenoxy) is 1. The van der Waals surface area contributed by atoms with E-state index in [9.17, 15) is 4.79 Å². The highest BCUT2D eigenvalue weighted by Crippen LogP contribution is 2.20. The lowest BCUT2D eigenvalue weighted by Gasteiger charge is -2.10. The number of nitrogens with zero attached hydrogens (tertiary/aromatic N) is 1. The number of rotatable bonds is 7. The molecule has 0 atom stereocenters. The summed E-state index contributed by atoms with van der Waals surface area (Å²) in [6, 6.07) is 5.46. The maximum atomic E-state index is 12.1. The molecular weight excluding hydrogens is 268 g/mol. The van der Waals surface area contributed by atoms with Gasteiger partial charge in [-0.25, -0.2) is 0 Å². The summed E-state index contributed by atoms with van der Waals surface area (Å²) in [5.74, 6) is -0.109. The van der Waals surface area contributed by atoms with E-state index in [2.05, 4.69) is 15.2 Å². The molecule has 4 N–H and O–H groups in total. The van der Waals surface area contributed by atoms with Gasteiger partial charge in [-0.2, -0.15) is 0 Å². The van der Waals surface area contributed by atoms with Gasteiger partial charge in [-0.1, -0.05) is 0 Å². The number of hydrogen-bond acceptors (Lipinski definition) is 4. The van der Waals surface area contributed by atoms with Crippen LogP contribution in [0.3, 0.4) is 0 Å². The molecule has 0 saturated carbocycles. The summed E-state index contributed by atoms with van der Waals surface area (Å²) in [4.78, 5) is 17.2. The normalized spacial score (nSPS) is 11.2. The Labute approximate surface area is 124 Å². The van der Waals surface area contributed by atoms with Gasteiger partial charge in [-0.05, 0) is 32.3 Å². The van der Waals surface area contributed by atoms with Crippen LogP contribution in [-0.2, 0) is 4.74 Å². The summed E-state index contributed by atoms with van der Waals surface area (Å²) >= 11 is 0. The summed E-state index contributed by atoms with van der Waals surface area (Å²) in [7, 11) is 3.99. The van der Waals surface area contributed by atoms with Gasteiger partial charge in [-0.3, -0.25) is 4.79 Å². The van der Waals surface area contributed by atoms with Crippen LogP contribution in [0.4, 0.5) is 5.69 Å². The number of likely N-dealkylation sites (N-methyl/N-ethyl adjacent to an activating group) is 1. The van der Waals surface area contributed by atoms with Crippen LogP contribution in [0.5, 0.6) is 0 Å². The van der Waals surface area contributed by atoms with E-state index < -0.39 is 0 Å². The number of nitrogens with one attached hydrogen (secondary N) is 2. The van der Waals surface area contributed by atoms with Crippen molar-refractivity contribution in [3.8, 4) is 0 Å². The zero-order chi connectivity index (χ0) is 15.2. The summed E-state index contributed by atoms with van der Waals surface area (Å²) in [5, 5.41) is 3.72. The lowest BCUT2D eigenvalue weighted by molar-refractivity contribution is 0.0902. The van der Waals surface area contributed by atoms with Crippen molar-refractivity contribution in [2.24, 2.45) is 0 Å². The van der Waals surface area contributed by atoms with Crippen molar-refractivity contribution in [1.29, 1.82) is 0 Å². The van der Waals surface area contributed by atoms with Gasteiger partial charge in [0.2, 0.25) is 0 Å². The molecular formula is C15H22N4O2. The molecule has 1 aromatic carbocycles. The molecule has 1 aromatic heterocycles. The number of anilines is 1. The molecule has 2 rings (SSSR count). The minimum Gasteiger partial charge on any atom is -0.399 e. The van der Waals surface area contributed by atoms with Crippen molar-refractivity contribution in [3.05, 3.63) is 30.0 Å². The summed E-state index contributed by atoms with van der Waals surface area (Å²) < 4.78 is 5.43. The maximum absolute atomic E-state index is 12.1. The smallest absolute Gasteiger partial charge is 0.253 e. The largest absolute Gasteiger partial charge is 0.399 e. The van der Waals surface area contributed by atoms with Crippen molar-refractivity contribution >= 4 is 22.5 Å². The Morgan fingerprint density at radius 3 is 2.95 bits per heavy atom. The Hall–Kier alpha value is -2.05. The second-order valence-corrected chi connectivity index (χ2v) is 5.18. The molecule has 0 radical (unpaired) electrons. The van der Waals surface area contributed by atoms with Gasteiger partial charge >= 0.3 is 0 Å². The molecule has 6 heteroatoms. The number of H-pyrrole nitrogens is 1. The van der Waals surface area contributed by atoms with E-state index in [0.717, 1.165) is 17.4 Å². The Morgan fingerprint density at radius 2 is 2.19 bits per heavy atom. The standard InChI is InChI=1S/C15H22N4O2/c1-19(2)6-8-21-7-5-17-15(20)13-10-18-14-9-11(16)3-4-12(13)14/h3-4,9-10,18H,5-8,16H2,1-2H3,(H,17,20). The van der Waals surface area contributed by atoms with Gasteiger partial charge in [0.1, 0.15) is 0 Å². The molecule has 0 aliphatic rings. The number of nitrogens with two attached hydrogens (primary N) is 1. The Balaban J connectivity index is 1.82. The maximum Gasteiger partial charge on any atom is 0.253 e. The number of nitrogen functional groups attached to an aromatic ring is 1.